The number of nitrogens with zero attached hydrogens (tertiary/aromatic N) is 1. The molecule has 1 aromatic carbocycles. The van der Waals surface area contributed by atoms with Crippen LogP contribution in [0.3, 0.4) is 0 Å². The van der Waals surface area contributed by atoms with Gasteiger partial charge in [-0.2, -0.15) is 0 Å². The Balaban J connectivity index is 1.47. The van der Waals surface area contributed by atoms with Crippen molar-refractivity contribution in [2.24, 2.45) is 11.8 Å². The molecule has 3 aliphatic rings. The predicted molar refractivity (Wildman–Crippen MR) is 93.3 cm³/mol. The summed E-state index contributed by atoms with van der Waals surface area (Å²) in [6, 6.07) is 7.20. The zero-order valence-corrected chi connectivity index (χ0v) is 14.5. The monoisotopic (exact) mass is 330 g/mol. The fourth-order valence-corrected chi connectivity index (χ4v) is 4.00. The number of benzene rings is 1. The van der Waals surface area contributed by atoms with Crippen molar-refractivity contribution in [3.05, 3.63) is 29.8 Å². The first kappa shape index (κ1) is 17.0. The third kappa shape index (κ3) is 3.78. The fourth-order valence-electron chi connectivity index (χ4n) is 4.00. The van der Waals surface area contributed by atoms with Crippen molar-refractivity contribution in [1.82, 2.24) is 4.90 Å². The lowest BCUT2D eigenvalue weighted by Crippen LogP contribution is -2.54. The number of hydrogen-bond acceptors (Lipinski definition) is 4. The van der Waals surface area contributed by atoms with E-state index in [0.717, 1.165) is 31.3 Å². The Morgan fingerprint density at radius 3 is 2.62 bits per heavy atom. The minimum absolute atomic E-state index is 0.0101. The van der Waals surface area contributed by atoms with Gasteiger partial charge in [0.25, 0.3) is 0 Å². The highest BCUT2D eigenvalue weighted by atomic mass is 16.5. The Hall–Kier alpha value is -1.88. The Morgan fingerprint density at radius 2 is 2.04 bits per heavy atom. The molecule has 130 valence electrons. The number of nitrogens with one attached hydrogen (secondary N) is 1. The van der Waals surface area contributed by atoms with Crippen LogP contribution in [0.15, 0.2) is 24.3 Å². The standard InChI is InChI=1S/C19H26N2O3/c1-3-14-11-21-9-8-16(14)10-18(21)12-24-19(23)20-17-6-4-15(5-7-17)13(2)22/h4-7,14,16,18H,3,8-12H2,1-2H3,(H,20,23)/t14-,16+,18-/m1/s1. The van der Waals surface area contributed by atoms with Crippen molar-refractivity contribution in [3.63, 3.8) is 0 Å². The van der Waals surface area contributed by atoms with Crippen molar-refractivity contribution in [3.8, 4) is 0 Å². The molecule has 3 aliphatic heterocycles. The van der Waals surface area contributed by atoms with E-state index in [1.165, 1.54) is 19.8 Å². The average molecular weight is 330 g/mol. The zero-order chi connectivity index (χ0) is 17.1. The highest BCUT2D eigenvalue weighted by Gasteiger charge is 2.39. The largest absolute Gasteiger partial charge is 0.448 e. The highest BCUT2D eigenvalue weighted by molar-refractivity contribution is 5.94. The minimum Gasteiger partial charge on any atom is -0.448 e. The van der Waals surface area contributed by atoms with Gasteiger partial charge in [-0.25, -0.2) is 4.79 Å². The topological polar surface area (TPSA) is 58.6 Å². The van der Waals surface area contributed by atoms with Gasteiger partial charge < -0.3 is 4.74 Å². The summed E-state index contributed by atoms with van der Waals surface area (Å²) in [5.74, 6) is 1.61. The molecule has 4 atom stereocenters. The van der Waals surface area contributed by atoms with Crippen LogP contribution in [0.1, 0.15) is 43.5 Å². The first-order chi connectivity index (χ1) is 11.6. The summed E-state index contributed by atoms with van der Waals surface area (Å²) in [6.45, 7) is 6.51. The maximum Gasteiger partial charge on any atom is 0.411 e. The number of Topliss-reactive ketones (excluding diaryl/α,β-unsaturated/α-hetero) is 1. The van der Waals surface area contributed by atoms with Crippen LogP contribution in [0.25, 0.3) is 0 Å². The summed E-state index contributed by atoms with van der Waals surface area (Å²) in [5, 5.41) is 2.72. The molecule has 3 heterocycles. The van der Waals surface area contributed by atoms with Crippen LogP contribution in [0.2, 0.25) is 0 Å². The van der Waals surface area contributed by atoms with Gasteiger partial charge in [0, 0.05) is 23.8 Å². The van der Waals surface area contributed by atoms with Crippen LogP contribution >= 0.6 is 0 Å². The number of ether oxygens (including phenoxy) is 1. The van der Waals surface area contributed by atoms with Crippen LogP contribution in [-0.2, 0) is 4.74 Å². The molecule has 1 aromatic rings. The Kier molecular flexibility index (Phi) is 5.19. The van der Waals surface area contributed by atoms with Crippen molar-refractivity contribution in [2.75, 3.05) is 25.0 Å². The van der Waals surface area contributed by atoms with Gasteiger partial charge >= 0.3 is 6.09 Å². The number of carbonyl (C=O) groups excluding carboxylic acids is 2. The summed E-state index contributed by atoms with van der Waals surface area (Å²) in [7, 11) is 0. The number of piperidine rings is 3. The number of amides is 1. The van der Waals surface area contributed by atoms with E-state index in [9.17, 15) is 9.59 Å². The van der Waals surface area contributed by atoms with Gasteiger partial charge in [-0.05, 0) is 62.4 Å². The van der Waals surface area contributed by atoms with Gasteiger partial charge in [-0.1, -0.05) is 13.3 Å². The molecule has 4 rings (SSSR count). The van der Waals surface area contributed by atoms with Crippen LogP contribution in [0, 0.1) is 11.8 Å². The third-order valence-corrected chi connectivity index (χ3v) is 5.48. The van der Waals surface area contributed by atoms with E-state index in [0.29, 0.717) is 23.9 Å². The SMILES string of the molecule is CC[C@@H]1CN2CC[C@H]1C[C@@H]2COC(=O)Nc1ccc(C(C)=O)cc1. The lowest BCUT2D eigenvalue weighted by Gasteiger charge is -2.49. The van der Waals surface area contributed by atoms with Crippen LogP contribution in [0.5, 0.6) is 0 Å². The molecule has 2 bridgehead atoms. The Morgan fingerprint density at radius 1 is 1.29 bits per heavy atom. The first-order valence-corrected chi connectivity index (χ1v) is 8.85. The van der Waals surface area contributed by atoms with Crippen LogP contribution < -0.4 is 5.32 Å². The van der Waals surface area contributed by atoms with E-state index in [1.807, 2.05) is 0 Å². The number of rotatable bonds is 5. The number of carbonyl (C=O) groups is 2. The zero-order valence-electron chi connectivity index (χ0n) is 14.5. The molecule has 3 fully saturated rings. The summed E-state index contributed by atoms with van der Waals surface area (Å²) in [4.78, 5) is 25.7. The maximum absolute atomic E-state index is 12.0. The smallest absolute Gasteiger partial charge is 0.411 e. The van der Waals surface area contributed by atoms with E-state index < -0.39 is 6.09 Å². The van der Waals surface area contributed by atoms with E-state index in [-0.39, 0.29) is 5.78 Å². The molecular weight excluding hydrogens is 304 g/mol. The maximum atomic E-state index is 12.0. The van der Waals surface area contributed by atoms with Crippen LogP contribution in [0.4, 0.5) is 10.5 Å². The number of hydrogen-bond donors (Lipinski definition) is 1. The molecule has 0 aliphatic carbocycles. The second-order valence-electron chi connectivity index (χ2n) is 6.96. The molecule has 0 aromatic heterocycles. The molecule has 0 radical (unpaired) electrons. The van der Waals surface area contributed by atoms with E-state index in [1.54, 1.807) is 24.3 Å². The van der Waals surface area contributed by atoms with Gasteiger partial charge in [-0.3, -0.25) is 15.0 Å². The van der Waals surface area contributed by atoms with E-state index in [4.69, 9.17) is 4.74 Å². The first-order valence-electron chi connectivity index (χ1n) is 8.85. The molecular formula is C19H26N2O3. The van der Waals surface area contributed by atoms with E-state index >= 15 is 0 Å². The van der Waals surface area contributed by atoms with Gasteiger partial charge in [0.15, 0.2) is 5.78 Å². The van der Waals surface area contributed by atoms with Crippen LogP contribution in [-0.4, -0.2) is 42.5 Å². The lowest BCUT2D eigenvalue weighted by atomic mass is 9.75. The minimum atomic E-state index is -0.430. The van der Waals surface area contributed by atoms with Gasteiger partial charge in [0.1, 0.15) is 6.61 Å². The van der Waals surface area contributed by atoms with E-state index in [2.05, 4.69) is 17.1 Å². The highest BCUT2D eigenvalue weighted by Crippen LogP contribution is 2.37. The summed E-state index contributed by atoms with van der Waals surface area (Å²) < 4.78 is 5.43. The molecule has 1 amide bonds. The van der Waals surface area contributed by atoms with Gasteiger partial charge in [-0.15, -0.1) is 0 Å². The third-order valence-electron chi connectivity index (χ3n) is 5.48. The molecule has 0 spiro atoms. The molecule has 0 saturated carbocycles. The Bertz CT molecular complexity index is 599. The predicted octanol–water partition coefficient (Wildman–Crippen LogP) is 3.56. The number of fused-ring (bicyclic) bond motifs is 3. The lowest BCUT2D eigenvalue weighted by molar-refractivity contribution is -0.0240. The Labute approximate surface area is 143 Å². The summed E-state index contributed by atoms with van der Waals surface area (Å²) in [6.07, 6.45) is 3.23. The normalized spacial score (nSPS) is 28.4. The summed E-state index contributed by atoms with van der Waals surface area (Å²) >= 11 is 0. The molecule has 5 nitrogen and oxygen atoms in total. The molecule has 3 saturated heterocycles. The second-order valence-corrected chi connectivity index (χ2v) is 6.96. The molecule has 1 N–H and O–H groups in total. The number of anilines is 1. The average Bonchev–Trinajstić information content (AvgIpc) is 2.60. The quantitative estimate of drug-likeness (QED) is 0.839. The second kappa shape index (κ2) is 7.34. The van der Waals surface area contributed by atoms with Crippen molar-refractivity contribution in [2.45, 2.75) is 39.2 Å². The molecule has 5 heteroatoms. The fraction of sp³-hybridized carbons (Fsp3) is 0.579. The summed E-state index contributed by atoms with van der Waals surface area (Å²) in [5.41, 5.74) is 1.27. The van der Waals surface area contributed by atoms with Crippen molar-refractivity contribution < 1.29 is 14.3 Å². The van der Waals surface area contributed by atoms with Crippen molar-refractivity contribution in [1.29, 1.82) is 0 Å². The van der Waals surface area contributed by atoms with Crippen molar-refractivity contribution >= 4 is 17.6 Å². The molecule has 1 unspecified atom stereocenters. The van der Waals surface area contributed by atoms with Gasteiger partial charge in [0.2, 0.25) is 0 Å². The van der Waals surface area contributed by atoms with Gasteiger partial charge in [0.05, 0.1) is 0 Å². The number of ketones is 1. The molecule has 24 heavy (non-hydrogen) atoms.